The molecule has 0 saturated carbocycles. The fraction of sp³-hybridized carbons (Fsp3) is 0.714. The molecule has 0 fully saturated rings. The molecule has 0 aromatic heterocycles. The SMILES string of the molecule is COC(=O)[C@](C)(/C=[CH]/[Sn]([CH3])([CH3])[CH3])NC(=O)OC(C)(C)C. The Morgan fingerprint density at radius 2 is 1.60 bits per heavy atom. The van der Waals surface area contributed by atoms with Crippen LogP contribution in [0.3, 0.4) is 0 Å². The number of alkyl carbamates (subject to hydrolysis) is 1. The quantitative estimate of drug-likeness (QED) is 0.591. The molecule has 0 aliphatic carbocycles. The summed E-state index contributed by atoms with van der Waals surface area (Å²) in [6.07, 6.45) is 1.08. The zero-order valence-corrected chi connectivity index (χ0v) is 16.6. The molecule has 0 saturated heterocycles. The van der Waals surface area contributed by atoms with Crippen molar-refractivity contribution in [2.24, 2.45) is 0 Å². The van der Waals surface area contributed by atoms with Gasteiger partial charge < -0.3 is 0 Å². The fourth-order valence-electron chi connectivity index (χ4n) is 1.31. The van der Waals surface area contributed by atoms with Gasteiger partial charge >= 0.3 is 126 Å². The van der Waals surface area contributed by atoms with Crippen molar-refractivity contribution in [2.45, 2.75) is 53.7 Å². The van der Waals surface area contributed by atoms with Crippen LogP contribution in [0.2, 0.25) is 14.8 Å². The second kappa shape index (κ2) is 6.82. The van der Waals surface area contributed by atoms with Crippen molar-refractivity contribution in [3.63, 3.8) is 0 Å². The first kappa shape index (κ1) is 19.3. The molecule has 0 aromatic carbocycles. The molecule has 6 heteroatoms. The summed E-state index contributed by atoms with van der Waals surface area (Å²) >= 11 is -2.21. The number of esters is 1. The molecule has 0 heterocycles. The van der Waals surface area contributed by atoms with E-state index in [9.17, 15) is 9.59 Å². The minimum atomic E-state index is -2.21. The van der Waals surface area contributed by atoms with E-state index in [2.05, 4.69) is 24.2 Å². The first-order chi connectivity index (χ1) is 8.79. The Kier molecular flexibility index (Phi) is 6.58. The van der Waals surface area contributed by atoms with Gasteiger partial charge in [-0.2, -0.15) is 0 Å². The van der Waals surface area contributed by atoms with Crippen LogP contribution in [0.15, 0.2) is 10.2 Å². The Hall–Kier alpha value is -0.721. The van der Waals surface area contributed by atoms with Gasteiger partial charge in [-0.1, -0.05) is 0 Å². The predicted octanol–water partition coefficient (Wildman–Crippen LogP) is 2.88. The van der Waals surface area contributed by atoms with Crippen molar-refractivity contribution in [2.75, 3.05) is 7.11 Å². The molecule has 0 rings (SSSR count). The van der Waals surface area contributed by atoms with Crippen molar-refractivity contribution in [3.8, 4) is 0 Å². The Bertz CT molecular complexity index is 393. The Morgan fingerprint density at radius 3 is 1.95 bits per heavy atom. The standard InChI is InChI=1S/C11H18NO4.3CH3.Sn/c1-7-11(5,8(13)15-6)12-9(14)16-10(2,3)4;;;;/h1,7H,2-6H3,(H,12,14);3*1H3;/t11-;;;;/m0..../s1. The zero-order chi connectivity index (χ0) is 16.2. The molecule has 20 heavy (non-hydrogen) atoms. The third-order valence-corrected chi connectivity index (χ3v) is 5.62. The second-order valence-corrected chi connectivity index (χ2v) is 21.5. The number of rotatable bonds is 4. The monoisotopic (exact) mass is 393 g/mol. The fourth-order valence-corrected chi connectivity index (χ4v) is 3.68. The van der Waals surface area contributed by atoms with Gasteiger partial charge in [0.1, 0.15) is 0 Å². The topological polar surface area (TPSA) is 64.6 Å². The maximum absolute atomic E-state index is 11.9. The van der Waals surface area contributed by atoms with Gasteiger partial charge in [-0.25, -0.2) is 0 Å². The summed E-state index contributed by atoms with van der Waals surface area (Å²) in [5, 5.41) is 2.58. The first-order valence-corrected chi connectivity index (χ1v) is 16.8. The number of ether oxygens (including phenoxy) is 2. The molecule has 0 radical (unpaired) electrons. The van der Waals surface area contributed by atoms with Gasteiger partial charge in [0.15, 0.2) is 0 Å². The molecule has 0 aromatic rings. The number of methoxy groups -OCH3 is 1. The number of amides is 1. The third kappa shape index (κ3) is 7.77. The molecule has 116 valence electrons. The summed E-state index contributed by atoms with van der Waals surface area (Å²) in [5.41, 5.74) is -1.82. The van der Waals surface area contributed by atoms with Crippen LogP contribution < -0.4 is 5.32 Å². The average Bonchev–Trinajstić information content (AvgIpc) is 2.21. The molecule has 5 nitrogen and oxygen atoms in total. The molecular weight excluding hydrogens is 365 g/mol. The maximum atomic E-state index is 11.9. The summed E-state index contributed by atoms with van der Waals surface area (Å²) in [5.74, 6) is -0.518. The van der Waals surface area contributed by atoms with Crippen molar-refractivity contribution in [1.82, 2.24) is 5.32 Å². The number of hydrogen-bond donors (Lipinski definition) is 1. The van der Waals surface area contributed by atoms with Crippen LogP contribution in [0.4, 0.5) is 4.79 Å². The van der Waals surface area contributed by atoms with E-state index in [1.807, 2.05) is 0 Å². The third-order valence-electron chi connectivity index (χ3n) is 2.29. The van der Waals surface area contributed by atoms with Gasteiger partial charge in [0.2, 0.25) is 0 Å². The number of carbonyl (C=O) groups is 2. The van der Waals surface area contributed by atoms with Crippen molar-refractivity contribution < 1.29 is 19.1 Å². The van der Waals surface area contributed by atoms with Crippen LogP contribution in [-0.2, 0) is 14.3 Å². The normalized spacial score (nSPS) is 15.6. The molecule has 1 N–H and O–H groups in total. The first-order valence-electron chi connectivity index (χ1n) is 6.59. The summed E-state index contributed by atoms with van der Waals surface area (Å²) < 4.78 is 12.0. The second-order valence-electron chi connectivity index (χ2n) is 7.02. The molecule has 0 aliphatic heterocycles. The predicted molar refractivity (Wildman–Crippen MR) is 82.3 cm³/mol. The van der Waals surface area contributed by atoms with E-state index in [0.717, 1.165) is 0 Å². The summed E-state index contributed by atoms with van der Waals surface area (Å²) in [7, 11) is 1.30. The van der Waals surface area contributed by atoms with Crippen molar-refractivity contribution in [3.05, 3.63) is 10.2 Å². The molecule has 1 amide bonds. The summed E-state index contributed by atoms with van der Waals surface area (Å²) in [4.78, 5) is 30.4. The molecule has 0 unspecified atom stereocenters. The van der Waals surface area contributed by atoms with Crippen LogP contribution in [-0.4, -0.2) is 48.7 Å². The van der Waals surface area contributed by atoms with E-state index >= 15 is 0 Å². The Balaban J connectivity index is 5.12. The Morgan fingerprint density at radius 1 is 1.10 bits per heavy atom. The van der Waals surface area contributed by atoms with Crippen LogP contribution >= 0.6 is 0 Å². The van der Waals surface area contributed by atoms with E-state index < -0.39 is 41.6 Å². The van der Waals surface area contributed by atoms with Gasteiger partial charge in [0, 0.05) is 0 Å². The number of hydrogen-bond acceptors (Lipinski definition) is 4. The van der Waals surface area contributed by atoms with E-state index in [4.69, 9.17) is 9.47 Å². The van der Waals surface area contributed by atoms with Crippen LogP contribution in [0.25, 0.3) is 0 Å². The zero-order valence-electron chi connectivity index (χ0n) is 13.8. The van der Waals surface area contributed by atoms with Gasteiger partial charge in [-0.05, 0) is 0 Å². The van der Waals surface area contributed by atoms with E-state index in [1.54, 1.807) is 33.8 Å². The average molecular weight is 392 g/mol. The van der Waals surface area contributed by atoms with Crippen molar-refractivity contribution in [1.29, 1.82) is 0 Å². The number of nitrogens with one attached hydrogen (secondary N) is 1. The van der Waals surface area contributed by atoms with Crippen LogP contribution in [0, 0.1) is 0 Å². The van der Waals surface area contributed by atoms with E-state index in [0.29, 0.717) is 0 Å². The molecule has 0 bridgehead atoms. The van der Waals surface area contributed by atoms with Crippen LogP contribution in [0.5, 0.6) is 0 Å². The molecular formula is C14H27NO4Sn. The molecule has 0 spiro atoms. The van der Waals surface area contributed by atoms with Crippen LogP contribution in [0.1, 0.15) is 27.7 Å². The summed E-state index contributed by atoms with van der Waals surface area (Å²) in [6.45, 7) is 6.91. The van der Waals surface area contributed by atoms with Gasteiger partial charge in [-0.3, -0.25) is 0 Å². The van der Waals surface area contributed by atoms with Gasteiger partial charge in [0.25, 0.3) is 0 Å². The van der Waals surface area contributed by atoms with Crippen molar-refractivity contribution >= 4 is 30.4 Å². The minimum absolute atomic E-state index is 0.518. The molecule has 1 atom stereocenters. The number of carbonyl (C=O) groups excluding carboxylic acids is 2. The van der Waals surface area contributed by atoms with Gasteiger partial charge in [-0.15, -0.1) is 0 Å². The van der Waals surface area contributed by atoms with E-state index in [-0.39, 0.29) is 0 Å². The Labute approximate surface area is 126 Å². The molecule has 0 aliphatic rings. The summed E-state index contributed by atoms with van der Waals surface area (Å²) in [6, 6.07) is 0. The van der Waals surface area contributed by atoms with E-state index in [1.165, 1.54) is 7.11 Å². The van der Waals surface area contributed by atoms with Gasteiger partial charge in [0.05, 0.1) is 0 Å².